The molecule has 0 aliphatic carbocycles. The maximum Gasteiger partial charge on any atom is 0.490 e. The second kappa shape index (κ2) is 27.7. The zero-order chi connectivity index (χ0) is 69.2. The molecule has 8 aliphatic heterocycles. The number of rotatable bonds is 27. The molecule has 95 heavy (non-hydrogen) atoms. The molecule has 10 rings (SSSR count). The van der Waals surface area contributed by atoms with E-state index in [1.807, 2.05) is 9.97 Å². The molecular weight excluding hydrogens is 1430 g/mol. The molecule has 56 heteroatoms. The van der Waals surface area contributed by atoms with Gasteiger partial charge in [-0.2, -0.15) is 18.6 Å². The van der Waals surface area contributed by atoms with Crippen LogP contribution < -0.4 is 28.2 Å². The van der Waals surface area contributed by atoms with Crippen LogP contribution in [0.15, 0.2) is 73.7 Å². The molecule has 524 valence electrons. The third kappa shape index (κ3) is 16.3. The first-order valence-corrected chi connectivity index (χ1v) is 35.4. The first kappa shape index (κ1) is 72.2. The molecule has 5 unspecified atom stereocenters. The van der Waals surface area contributed by atoms with E-state index in [2.05, 4.69) is 43.1 Å². The molecule has 8 aliphatic rings. The van der Waals surface area contributed by atoms with Crippen molar-refractivity contribution < 1.29 is 151 Å². The fourth-order valence-electron chi connectivity index (χ4n) is 10.2. The molecule has 0 spiro atoms. The number of carbonyl (C=O) groups is 1. The van der Waals surface area contributed by atoms with E-state index in [1.54, 1.807) is 0 Å². The van der Waals surface area contributed by atoms with Gasteiger partial charge in [0.1, 0.15) is 98.6 Å². The van der Waals surface area contributed by atoms with Gasteiger partial charge in [0.25, 0.3) is 11.1 Å². The largest absolute Gasteiger partial charge is 0.490 e. The summed E-state index contributed by atoms with van der Waals surface area (Å²) in [7, 11) is -34.4. The molecule has 1 amide bonds. The summed E-state index contributed by atoms with van der Waals surface area (Å²) in [5, 5.41) is 54.1. The summed E-state index contributed by atoms with van der Waals surface area (Å²) in [6.07, 6.45) is -29.7. The predicted octanol–water partition coefficient (Wildman–Crippen LogP) is -7.26. The monoisotopic (exact) mass is 1480 g/mol. The Hall–Kier alpha value is -5.50. The van der Waals surface area contributed by atoms with Crippen LogP contribution in [0.2, 0.25) is 0 Å². The van der Waals surface area contributed by atoms with Crippen LogP contribution in [0.3, 0.4) is 0 Å². The Kier molecular flexibility index (Phi) is 21.0. The number of amides is 1. The number of aromatic amines is 2. The molecule has 50 nitrogen and oxygen atoms in total. The zero-order valence-electron chi connectivity index (χ0n) is 47.2. The molecule has 0 radical (unpaired) electrons. The number of nitrogens with one attached hydrogen (secondary N) is 3. The summed E-state index contributed by atoms with van der Waals surface area (Å²) in [5.74, 6) is -2.06. The molecule has 2 aromatic rings. The molecular formula is C39H52N14O36P6. The van der Waals surface area contributed by atoms with E-state index < -0.39 is 218 Å². The highest BCUT2D eigenvalue weighted by Crippen LogP contribution is 2.66. The number of phosphoric acid groups is 6. The van der Waals surface area contributed by atoms with Crippen LogP contribution in [0.25, 0.3) is 0 Å². The molecule has 0 aromatic carbocycles. The fraction of sp³-hybridized carbons (Fsp3) is 0.590. The minimum Gasteiger partial charge on any atom is -0.386 e. The Balaban J connectivity index is 0.851. The summed E-state index contributed by atoms with van der Waals surface area (Å²) in [5.41, 5.74) is 0.762. The van der Waals surface area contributed by atoms with E-state index >= 15 is 0 Å². The van der Waals surface area contributed by atoms with Crippen LogP contribution >= 0.6 is 46.9 Å². The van der Waals surface area contributed by atoms with Crippen molar-refractivity contribution in [1.29, 1.82) is 5.41 Å². The van der Waals surface area contributed by atoms with Gasteiger partial charge in [0.2, 0.25) is 5.96 Å². The Morgan fingerprint density at radius 2 is 0.958 bits per heavy atom. The molecule has 4 fully saturated rings. The maximum atomic E-state index is 14.0. The maximum absolute atomic E-state index is 14.0. The second-order valence-electron chi connectivity index (χ2n) is 20.3. The third-order valence-electron chi connectivity index (χ3n) is 14.1. The van der Waals surface area contributed by atoms with Gasteiger partial charge in [-0.25, -0.2) is 47.0 Å². The average molecular weight is 1480 g/mol. The van der Waals surface area contributed by atoms with Gasteiger partial charge in [0, 0.05) is 31.6 Å². The minimum absolute atomic E-state index is 0.135. The number of amidine groups is 3. The highest BCUT2D eigenvalue weighted by Gasteiger charge is 2.57. The lowest BCUT2D eigenvalue weighted by Crippen LogP contribution is -2.49. The number of fused-ring (bicyclic) bond motifs is 2. The predicted molar refractivity (Wildman–Crippen MR) is 300 cm³/mol. The Morgan fingerprint density at radius 3 is 1.40 bits per heavy atom. The van der Waals surface area contributed by atoms with Crippen LogP contribution in [-0.2, 0) is 96.2 Å². The lowest BCUT2D eigenvalue weighted by atomic mass is 10.1. The molecule has 4 saturated heterocycles. The number of aliphatic hydroxyl groups is 4. The first-order chi connectivity index (χ1) is 44.3. The van der Waals surface area contributed by atoms with Gasteiger partial charge in [0.05, 0.1) is 26.4 Å². The van der Waals surface area contributed by atoms with E-state index in [0.29, 0.717) is 9.13 Å². The fourth-order valence-corrected chi connectivity index (χ4v) is 16.1. The highest BCUT2D eigenvalue weighted by atomic mass is 31.3. The van der Waals surface area contributed by atoms with Crippen LogP contribution in [0.4, 0.5) is 0 Å². The summed E-state index contributed by atoms with van der Waals surface area (Å²) < 4.78 is 150. The topological polar surface area (TPSA) is 711 Å². The van der Waals surface area contributed by atoms with Gasteiger partial charge in [-0.3, -0.25) is 80.5 Å². The van der Waals surface area contributed by atoms with Gasteiger partial charge >= 0.3 is 64.2 Å². The molecule has 21 atom stereocenters. The van der Waals surface area contributed by atoms with Gasteiger partial charge in [-0.05, 0) is 0 Å². The van der Waals surface area contributed by atoms with Crippen molar-refractivity contribution in [3.63, 3.8) is 0 Å². The smallest absolute Gasteiger partial charge is 0.386 e. The van der Waals surface area contributed by atoms with Crippen molar-refractivity contribution in [3.05, 3.63) is 66.2 Å². The quantitative estimate of drug-likeness (QED) is 0.0370. The standard InChI is InChI=1S/C39H52N14O36P6/c1-76-25-13(81-35(21(25)56)53-12-45-20-31(53)48-37(41)49-32(20)60)6-77-91(66,67)85-26-14(82-33(22(26)57)50-4-2-17(54)46-38(50)61)7-78-92(68,69)86-27-15(83-34(23(27)58)51-5-3-18(55)47-39(51)62)8-79-93(70,71)87-28-16(9-80-94(72,73)89-95(74,75)88-90(63,64)65)84-36(24(28)59)52-11-44-19-29(40)42-10-43-30(19)52/h2-5,10,13-16,21-28,33-36,40,56-59H,6-9,11-12H2,1H3,(H,66,67)(H,68,69)(H,70,71)(H,72,73)(H,74,75)(H2,41,49,60)(H,46,54,61)(H,47,55,62)(H2,63,64,65)/t13-,14-,15-,16-,21-,22-,23-,24-,25-,26-,27-,28-,33-,34-,35-,36-/m1/s1. The van der Waals surface area contributed by atoms with E-state index in [1.165, 1.54) is 4.90 Å². The number of guanidine groups is 1. The van der Waals surface area contributed by atoms with E-state index in [-0.39, 0.29) is 29.8 Å². The molecule has 10 heterocycles. The molecule has 0 bridgehead atoms. The minimum atomic E-state index is -6.14. The van der Waals surface area contributed by atoms with E-state index in [4.69, 9.17) is 71.8 Å². The third-order valence-corrected chi connectivity index (χ3v) is 20.9. The number of methoxy groups -OCH3 is 1. The van der Waals surface area contributed by atoms with Crippen LogP contribution in [0, 0.1) is 5.41 Å². The second-order valence-corrected chi connectivity index (χ2v) is 29.0. The van der Waals surface area contributed by atoms with Crippen LogP contribution in [0.5, 0.6) is 0 Å². The SMILES string of the molecule is CO[C@H]1[C@@H](O)[C@H](N2CN=C3C(=O)N=C(N)N=C32)O[C@@H]1COP(=O)(O)O[C@H]1[C@@H](O)[C@H](n2ccc(=O)[nH]c2=O)O[C@@H]1COP(=O)(O)O[C@H]1[C@@H](O)[C@H](n2ccc(=O)[nH]c2=O)O[C@@H]1COP(=O)(O)O[C@H]1[C@@H](O)[C@H](N2CN=C3C(=N)N=CN=C32)O[C@@H]1COP(=O)(O)OP(=O)(O)OP(=O)(O)O. The highest BCUT2D eigenvalue weighted by molar-refractivity contribution is 7.66. The number of nitrogens with two attached hydrogens (primary N) is 1. The Bertz CT molecular complexity index is 4120. The normalized spacial score (nSPS) is 33.9. The van der Waals surface area contributed by atoms with Crippen molar-refractivity contribution in [2.24, 2.45) is 35.7 Å². The number of phosphoric ester groups is 4. The van der Waals surface area contributed by atoms with Crippen molar-refractivity contribution in [2.45, 2.75) is 98.2 Å². The zero-order valence-corrected chi connectivity index (χ0v) is 52.6. The summed E-state index contributed by atoms with van der Waals surface area (Å²) >= 11 is 0. The van der Waals surface area contributed by atoms with Crippen LogP contribution in [-0.4, -0.2) is 263 Å². The number of aliphatic imine (C=N–C) groups is 6. The van der Waals surface area contributed by atoms with Crippen molar-refractivity contribution in [2.75, 3.05) is 46.9 Å². The summed E-state index contributed by atoms with van der Waals surface area (Å²) in [6.45, 7) is -6.08. The van der Waals surface area contributed by atoms with Gasteiger partial charge in [0.15, 0.2) is 48.1 Å². The number of nitrogens with zero attached hydrogens (tertiary/aromatic N) is 10. The Morgan fingerprint density at radius 1 is 0.558 bits per heavy atom. The number of H-pyrrole nitrogens is 2. The molecule has 16 N–H and O–H groups in total. The molecule has 2 aromatic heterocycles. The van der Waals surface area contributed by atoms with Gasteiger partial charge in [-0.15, -0.1) is 0 Å². The average Bonchev–Trinajstić information content (AvgIpc) is 1.78. The first-order valence-electron chi connectivity index (χ1n) is 26.4. The lowest BCUT2D eigenvalue weighted by Gasteiger charge is -2.28. The number of hydrogen-bond donors (Lipinski definition) is 15. The number of aliphatic hydroxyl groups excluding tert-OH is 4. The van der Waals surface area contributed by atoms with Crippen LogP contribution in [0.1, 0.15) is 12.5 Å². The summed E-state index contributed by atoms with van der Waals surface area (Å²) in [4.78, 5) is 163. The lowest BCUT2D eigenvalue weighted by molar-refractivity contribution is -0.111. The number of ether oxygens (including phenoxy) is 5. The number of hydrogen-bond acceptors (Lipinski definition) is 37. The number of aromatic nitrogens is 4. The van der Waals surface area contributed by atoms with Gasteiger partial charge < -0.3 is 93.9 Å². The van der Waals surface area contributed by atoms with E-state index in [0.717, 1.165) is 42.9 Å². The van der Waals surface area contributed by atoms with Crippen molar-refractivity contribution in [1.82, 2.24) is 28.9 Å². The van der Waals surface area contributed by atoms with Crippen molar-refractivity contribution in [3.8, 4) is 0 Å². The summed E-state index contributed by atoms with van der Waals surface area (Å²) in [6, 6.07) is 1.52. The number of carbonyl (C=O) groups excluding carboxylic acids is 1. The molecule has 0 saturated carbocycles. The van der Waals surface area contributed by atoms with Crippen molar-refractivity contribution >= 4 is 94.1 Å². The van der Waals surface area contributed by atoms with Gasteiger partial charge in [-0.1, -0.05) is 0 Å². The van der Waals surface area contributed by atoms with E-state index in [9.17, 15) is 96.3 Å². The Labute approximate surface area is 524 Å².